The molecule has 1 fully saturated rings. The Morgan fingerprint density at radius 2 is 1.36 bits per heavy atom. The maximum absolute atomic E-state index is 15.3. The van der Waals surface area contributed by atoms with E-state index in [1.54, 1.807) is 29.6 Å². The number of amides is 1. The molecule has 1 heterocycles. The van der Waals surface area contributed by atoms with Gasteiger partial charge in [0, 0.05) is 0 Å². The van der Waals surface area contributed by atoms with Crippen molar-refractivity contribution < 1.29 is 46.2 Å². The van der Waals surface area contributed by atoms with Crippen LogP contribution in [0.5, 0.6) is 0 Å². The van der Waals surface area contributed by atoms with Gasteiger partial charge in [-0.3, -0.25) is 4.79 Å². The number of hydrogen-bond acceptors (Lipinski definition) is 6. The third-order valence-electron chi connectivity index (χ3n) is 4.82. The van der Waals surface area contributed by atoms with Gasteiger partial charge >= 0.3 is 24.0 Å². The zero-order valence-electron chi connectivity index (χ0n) is 17.1. The molecular formula is C22H19F4NO6. The van der Waals surface area contributed by atoms with Crippen LogP contribution < -0.4 is 5.32 Å². The summed E-state index contributed by atoms with van der Waals surface area (Å²) in [6.07, 6.45) is -12.8. The molecule has 0 aromatic heterocycles. The molecule has 33 heavy (non-hydrogen) atoms. The van der Waals surface area contributed by atoms with Crippen molar-refractivity contribution in [3.63, 3.8) is 0 Å². The van der Waals surface area contributed by atoms with Crippen molar-refractivity contribution in [1.82, 2.24) is 5.32 Å². The second-order valence-electron chi connectivity index (χ2n) is 7.16. The molecule has 7 nitrogen and oxygen atoms in total. The lowest BCUT2D eigenvalue weighted by Gasteiger charge is -2.41. The fourth-order valence-corrected chi connectivity index (χ4v) is 3.17. The zero-order valence-corrected chi connectivity index (χ0v) is 17.1. The van der Waals surface area contributed by atoms with E-state index in [-0.39, 0.29) is 11.1 Å². The molecule has 1 amide bonds. The largest absolute Gasteiger partial charge is 0.471 e. The maximum atomic E-state index is 15.3. The van der Waals surface area contributed by atoms with Gasteiger partial charge in [0.1, 0.15) is 0 Å². The Labute approximate surface area is 185 Å². The first kappa shape index (κ1) is 24.2. The lowest BCUT2D eigenvalue weighted by molar-refractivity contribution is -0.236. The predicted octanol–water partition coefficient (Wildman–Crippen LogP) is 3.20. The summed E-state index contributed by atoms with van der Waals surface area (Å²) in [5.41, 5.74) is 0.0776. The first-order chi connectivity index (χ1) is 15.6. The predicted molar refractivity (Wildman–Crippen MR) is 105 cm³/mol. The number of halogens is 4. The summed E-state index contributed by atoms with van der Waals surface area (Å²) >= 11 is 0. The highest BCUT2D eigenvalue weighted by Gasteiger charge is 2.52. The molecule has 0 spiro atoms. The average Bonchev–Trinajstić information content (AvgIpc) is 2.79. The molecule has 0 saturated carbocycles. The van der Waals surface area contributed by atoms with E-state index in [2.05, 4.69) is 0 Å². The second-order valence-corrected chi connectivity index (χ2v) is 7.16. The van der Waals surface area contributed by atoms with Gasteiger partial charge < -0.3 is 19.5 Å². The first-order valence-electron chi connectivity index (χ1n) is 9.77. The van der Waals surface area contributed by atoms with E-state index in [9.17, 15) is 27.6 Å². The molecule has 1 aliphatic heterocycles. The summed E-state index contributed by atoms with van der Waals surface area (Å²) in [6, 6.07) is 13.1. The van der Waals surface area contributed by atoms with Gasteiger partial charge in [-0.1, -0.05) is 36.4 Å². The zero-order chi connectivity index (χ0) is 24.2. The number of benzene rings is 2. The lowest BCUT2D eigenvalue weighted by Crippen LogP contribution is -2.64. The SMILES string of the molecule is C[C@@H]1OC(OC(=O)c2ccccc2)[C@H](F)[C@H](OC(=O)c2ccccc2)[C@@H]1NC(=O)C(F)(F)F. The highest BCUT2D eigenvalue weighted by molar-refractivity contribution is 5.90. The van der Waals surface area contributed by atoms with Crippen LogP contribution in [-0.4, -0.2) is 54.7 Å². The first-order valence-corrected chi connectivity index (χ1v) is 9.77. The van der Waals surface area contributed by atoms with E-state index < -0.39 is 54.7 Å². The topological polar surface area (TPSA) is 90.9 Å². The number of hydrogen-bond donors (Lipinski definition) is 1. The Bertz CT molecular complexity index is 985. The van der Waals surface area contributed by atoms with Crippen molar-refractivity contribution >= 4 is 17.8 Å². The highest BCUT2D eigenvalue weighted by atomic mass is 19.4. The Morgan fingerprint density at radius 3 is 1.85 bits per heavy atom. The monoisotopic (exact) mass is 469 g/mol. The van der Waals surface area contributed by atoms with E-state index in [4.69, 9.17) is 14.2 Å². The van der Waals surface area contributed by atoms with Gasteiger partial charge in [-0.15, -0.1) is 0 Å². The quantitative estimate of drug-likeness (QED) is 0.534. The molecule has 1 unspecified atom stereocenters. The summed E-state index contributed by atoms with van der Waals surface area (Å²) in [7, 11) is 0. The number of carbonyl (C=O) groups excluding carboxylic acids is 3. The van der Waals surface area contributed by atoms with Crippen LogP contribution in [0.25, 0.3) is 0 Å². The summed E-state index contributed by atoms with van der Waals surface area (Å²) in [4.78, 5) is 36.3. The van der Waals surface area contributed by atoms with E-state index >= 15 is 4.39 Å². The van der Waals surface area contributed by atoms with Crippen LogP contribution in [0, 0.1) is 0 Å². The molecule has 176 valence electrons. The van der Waals surface area contributed by atoms with Crippen LogP contribution in [0.4, 0.5) is 17.6 Å². The number of ether oxygens (including phenoxy) is 3. The van der Waals surface area contributed by atoms with Crippen molar-refractivity contribution in [2.45, 2.75) is 43.8 Å². The number of alkyl halides is 4. The van der Waals surface area contributed by atoms with Gasteiger partial charge in [0.2, 0.25) is 12.5 Å². The van der Waals surface area contributed by atoms with Crippen molar-refractivity contribution in [2.75, 3.05) is 0 Å². The minimum absolute atomic E-state index is 0.00238. The van der Waals surface area contributed by atoms with Gasteiger partial charge in [0.25, 0.3) is 0 Å². The molecule has 1 saturated heterocycles. The molecule has 0 aliphatic carbocycles. The van der Waals surface area contributed by atoms with Crippen LogP contribution in [0.3, 0.4) is 0 Å². The molecule has 11 heteroatoms. The van der Waals surface area contributed by atoms with Crippen LogP contribution in [-0.2, 0) is 19.0 Å². The Balaban J connectivity index is 1.84. The van der Waals surface area contributed by atoms with Gasteiger partial charge in [-0.2, -0.15) is 13.2 Å². The number of carbonyl (C=O) groups is 3. The van der Waals surface area contributed by atoms with Crippen molar-refractivity contribution in [3.8, 4) is 0 Å². The van der Waals surface area contributed by atoms with Crippen LogP contribution >= 0.6 is 0 Å². The van der Waals surface area contributed by atoms with Crippen molar-refractivity contribution in [2.24, 2.45) is 0 Å². The molecule has 2 aromatic carbocycles. The normalized spacial score (nSPS) is 25.1. The average molecular weight is 469 g/mol. The maximum Gasteiger partial charge on any atom is 0.471 e. The minimum Gasteiger partial charge on any atom is -0.453 e. The summed E-state index contributed by atoms with van der Waals surface area (Å²) < 4.78 is 69.1. The molecule has 0 bridgehead atoms. The fourth-order valence-electron chi connectivity index (χ4n) is 3.17. The highest BCUT2D eigenvalue weighted by Crippen LogP contribution is 2.29. The van der Waals surface area contributed by atoms with E-state index in [1.165, 1.54) is 43.3 Å². The Hall–Kier alpha value is -3.47. The molecule has 3 rings (SSSR count). The third kappa shape index (κ3) is 5.86. The number of nitrogens with one attached hydrogen (secondary N) is 1. The van der Waals surface area contributed by atoms with E-state index in [0.717, 1.165) is 0 Å². The smallest absolute Gasteiger partial charge is 0.453 e. The third-order valence-corrected chi connectivity index (χ3v) is 4.82. The second kappa shape index (κ2) is 9.99. The number of rotatable bonds is 5. The minimum atomic E-state index is -5.27. The number of esters is 2. The van der Waals surface area contributed by atoms with Crippen LogP contribution in [0.15, 0.2) is 60.7 Å². The van der Waals surface area contributed by atoms with Crippen LogP contribution in [0.1, 0.15) is 27.6 Å². The van der Waals surface area contributed by atoms with Crippen molar-refractivity contribution in [3.05, 3.63) is 71.8 Å². The van der Waals surface area contributed by atoms with Gasteiger partial charge in [0.05, 0.1) is 23.3 Å². The molecule has 5 atom stereocenters. The lowest BCUT2D eigenvalue weighted by atomic mass is 9.97. The Morgan fingerprint density at radius 1 is 0.879 bits per heavy atom. The van der Waals surface area contributed by atoms with Gasteiger partial charge in [0.15, 0.2) is 6.10 Å². The van der Waals surface area contributed by atoms with Crippen LogP contribution in [0.2, 0.25) is 0 Å². The summed E-state index contributed by atoms with van der Waals surface area (Å²) in [5.74, 6) is -4.37. The standard InChI is InChI=1S/C22H19F4NO6/c1-12-16(27-21(30)22(24,25)26)17(32-18(28)13-8-4-2-5-9-13)15(23)20(31-12)33-19(29)14-10-6-3-7-11-14/h2-12,15-17,20H,1H3,(H,27,30)/t12-,15+,16+,17-,20?/m0/s1. The molecule has 0 radical (unpaired) electrons. The van der Waals surface area contributed by atoms with E-state index in [0.29, 0.717) is 0 Å². The Kier molecular flexibility index (Phi) is 7.32. The molecule has 1 N–H and O–H groups in total. The fraction of sp³-hybridized carbons (Fsp3) is 0.318. The van der Waals surface area contributed by atoms with Gasteiger partial charge in [-0.05, 0) is 31.2 Å². The summed E-state index contributed by atoms with van der Waals surface area (Å²) in [6.45, 7) is 1.22. The molecule has 2 aromatic rings. The van der Waals surface area contributed by atoms with Gasteiger partial charge in [-0.25, -0.2) is 14.0 Å². The molecular weight excluding hydrogens is 450 g/mol. The molecule has 1 aliphatic rings. The summed E-state index contributed by atoms with van der Waals surface area (Å²) in [5, 5.41) is 1.60. The van der Waals surface area contributed by atoms with E-state index in [1.807, 2.05) is 0 Å². The van der Waals surface area contributed by atoms with Crippen molar-refractivity contribution in [1.29, 1.82) is 0 Å².